The number of nitrogens with one attached hydrogen (secondary N) is 2. The van der Waals surface area contributed by atoms with Crippen molar-refractivity contribution in [1.82, 2.24) is 5.32 Å². The lowest BCUT2D eigenvalue weighted by molar-refractivity contribution is -0.125. The zero-order chi connectivity index (χ0) is 18.9. The van der Waals surface area contributed by atoms with Gasteiger partial charge in [-0.1, -0.05) is 0 Å². The van der Waals surface area contributed by atoms with Crippen LogP contribution in [0.2, 0.25) is 0 Å². The summed E-state index contributed by atoms with van der Waals surface area (Å²) in [6.07, 6.45) is 0. The predicted molar refractivity (Wildman–Crippen MR) is 91.2 cm³/mol. The van der Waals surface area contributed by atoms with Gasteiger partial charge in [-0.15, -0.1) is 0 Å². The number of hydrogen-bond acceptors (Lipinski definition) is 5. The van der Waals surface area contributed by atoms with Gasteiger partial charge in [0.1, 0.15) is 5.82 Å². The van der Waals surface area contributed by atoms with Gasteiger partial charge in [0.25, 0.3) is 5.91 Å². The minimum absolute atomic E-state index is 0.260. The zero-order valence-corrected chi connectivity index (χ0v) is 13.9. The summed E-state index contributed by atoms with van der Waals surface area (Å²) in [4.78, 5) is 23.5. The highest BCUT2D eigenvalue weighted by atomic mass is 19.1. The molecule has 0 fully saturated rings. The Hall–Kier alpha value is -3.60. The van der Waals surface area contributed by atoms with Gasteiger partial charge >= 0.3 is 0 Å². The summed E-state index contributed by atoms with van der Waals surface area (Å²) in [6.45, 7) is -0.587. The van der Waals surface area contributed by atoms with E-state index in [0.717, 1.165) is 0 Å². The summed E-state index contributed by atoms with van der Waals surface area (Å²) in [5, 5.41) is 13.8. The molecule has 7 nitrogen and oxygen atoms in total. The quantitative estimate of drug-likeness (QED) is 0.787. The van der Waals surface area contributed by atoms with Gasteiger partial charge in [0.15, 0.2) is 18.1 Å². The number of methoxy groups -OCH3 is 1. The van der Waals surface area contributed by atoms with E-state index in [1.807, 2.05) is 6.07 Å². The number of anilines is 1. The second-order valence-corrected chi connectivity index (χ2v) is 5.10. The van der Waals surface area contributed by atoms with E-state index in [0.29, 0.717) is 22.7 Å². The first-order valence-electron chi connectivity index (χ1n) is 7.55. The highest BCUT2D eigenvalue weighted by molar-refractivity contribution is 5.94. The van der Waals surface area contributed by atoms with E-state index in [1.54, 1.807) is 0 Å². The molecule has 0 atom stereocenters. The van der Waals surface area contributed by atoms with Crippen molar-refractivity contribution in [3.63, 3.8) is 0 Å². The van der Waals surface area contributed by atoms with Crippen molar-refractivity contribution in [3.8, 4) is 17.6 Å². The summed E-state index contributed by atoms with van der Waals surface area (Å²) in [6, 6.07) is 11.8. The normalized spacial score (nSPS) is 9.73. The Labute approximate surface area is 149 Å². The number of nitrogens with zero attached hydrogens (tertiary/aromatic N) is 1. The Morgan fingerprint density at radius 2 is 1.85 bits per heavy atom. The first-order chi connectivity index (χ1) is 12.5. The van der Waals surface area contributed by atoms with Crippen LogP contribution in [0.1, 0.15) is 5.56 Å². The second-order valence-electron chi connectivity index (χ2n) is 5.10. The first kappa shape index (κ1) is 18.7. The lowest BCUT2D eigenvalue weighted by atomic mass is 10.2. The van der Waals surface area contributed by atoms with E-state index >= 15 is 0 Å². The highest BCUT2D eigenvalue weighted by Gasteiger charge is 2.10. The van der Waals surface area contributed by atoms with Gasteiger partial charge in [-0.2, -0.15) is 5.26 Å². The third kappa shape index (κ3) is 5.49. The molecule has 0 unspecified atom stereocenters. The van der Waals surface area contributed by atoms with Crippen molar-refractivity contribution in [1.29, 1.82) is 5.26 Å². The summed E-state index contributed by atoms with van der Waals surface area (Å²) >= 11 is 0. The van der Waals surface area contributed by atoms with Crippen LogP contribution in [0.15, 0.2) is 42.5 Å². The van der Waals surface area contributed by atoms with E-state index in [2.05, 4.69) is 10.6 Å². The van der Waals surface area contributed by atoms with Crippen LogP contribution in [0.25, 0.3) is 0 Å². The maximum Gasteiger partial charge on any atom is 0.258 e. The molecular weight excluding hydrogens is 341 g/mol. The van der Waals surface area contributed by atoms with Crippen molar-refractivity contribution in [2.45, 2.75) is 0 Å². The van der Waals surface area contributed by atoms with Gasteiger partial charge in [-0.05, 0) is 36.4 Å². The molecule has 0 aliphatic carbocycles. The maximum absolute atomic E-state index is 12.8. The maximum atomic E-state index is 12.8. The molecule has 2 aromatic rings. The van der Waals surface area contributed by atoms with Crippen LogP contribution in [-0.4, -0.2) is 32.1 Å². The Morgan fingerprint density at radius 3 is 2.50 bits per heavy atom. The molecule has 26 heavy (non-hydrogen) atoms. The lowest BCUT2D eigenvalue weighted by Crippen LogP contribution is -2.35. The van der Waals surface area contributed by atoms with Crippen LogP contribution < -0.4 is 20.1 Å². The number of ether oxygens (including phenoxy) is 2. The van der Waals surface area contributed by atoms with Crippen LogP contribution in [0, 0.1) is 17.1 Å². The fourth-order valence-electron chi connectivity index (χ4n) is 1.97. The molecule has 0 aliphatic heterocycles. The van der Waals surface area contributed by atoms with Gasteiger partial charge in [-0.25, -0.2) is 4.39 Å². The molecule has 0 heterocycles. The Balaban J connectivity index is 1.79. The smallest absolute Gasteiger partial charge is 0.258 e. The molecule has 0 bridgehead atoms. The molecule has 8 heteroatoms. The SMILES string of the molecule is COc1cc(C#N)ccc1OCC(=O)NCC(=O)Nc1ccc(F)cc1. The number of amides is 2. The minimum Gasteiger partial charge on any atom is -0.493 e. The van der Waals surface area contributed by atoms with Crippen LogP contribution in [-0.2, 0) is 9.59 Å². The predicted octanol–water partition coefficient (Wildman–Crippen LogP) is 1.84. The number of rotatable bonds is 7. The Kier molecular flexibility index (Phi) is 6.51. The number of halogens is 1. The number of hydrogen-bond donors (Lipinski definition) is 2. The van der Waals surface area contributed by atoms with Gasteiger partial charge in [0, 0.05) is 11.8 Å². The molecule has 2 rings (SSSR count). The monoisotopic (exact) mass is 357 g/mol. The van der Waals surface area contributed by atoms with Crippen LogP contribution in [0.4, 0.5) is 10.1 Å². The Bertz CT molecular complexity index is 831. The number of carbonyl (C=O) groups excluding carboxylic acids is 2. The summed E-state index contributed by atoms with van der Waals surface area (Å²) < 4.78 is 23.2. The van der Waals surface area contributed by atoms with Crippen LogP contribution in [0.5, 0.6) is 11.5 Å². The van der Waals surface area contributed by atoms with Gasteiger partial charge in [0.2, 0.25) is 5.91 Å². The van der Waals surface area contributed by atoms with Crippen LogP contribution in [0.3, 0.4) is 0 Å². The Morgan fingerprint density at radius 1 is 1.12 bits per heavy atom. The molecule has 0 radical (unpaired) electrons. The molecule has 0 saturated carbocycles. The standard InChI is InChI=1S/C18H16FN3O4/c1-25-16-8-12(9-20)2-7-15(16)26-11-18(24)21-10-17(23)22-14-5-3-13(19)4-6-14/h2-8H,10-11H2,1H3,(H,21,24)(H,22,23). The van der Waals surface area contributed by atoms with Gasteiger partial charge in [-0.3, -0.25) is 9.59 Å². The summed E-state index contributed by atoms with van der Waals surface area (Å²) in [7, 11) is 1.42. The lowest BCUT2D eigenvalue weighted by Gasteiger charge is -2.11. The van der Waals surface area contributed by atoms with Crippen LogP contribution >= 0.6 is 0 Å². The minimum atomic E-state index is -0.509. The third-order valence-corrected chi connectivity index (χ3v) is 3.23. The van der Waals surface area contributed by atoms with Crippen molar-refractivity contribution >= 4 is 17.5 Å². The van der Waals surface area contributed by atoms with Crippen molar-refractivity contribution in [2.24, 2.45) is 0 Å². The molecule has 0 aliphatic rings. The molecular formula is C18H16FN3O4. The van der Waals surface area contributed by atoms with Crippen molar-refractivity contribution < 1.29 is 23.5 Å². The molecule has 2 N–H and O–H groups in total. The molecule has 0 spiro atoms. The molecule has 2 aromatic carbocycles. The number of nitriles is 1. The number of carbonyl (C=O) groups is 2. The summed E-state index contributed by atoms with van der Waals surface area (Å²) in [5.41, 5.74) is 0.820. The summed E-state index contributed by atoms with van der Waals surface area (Å²) in [5.74, 6) is -0.749. The average molecular weight is 357 g/mol. The number of benzene rings is 2. The van der Waals surface area contributed by atoms with E-state index in [1.165, 1.54) is 49.6 Å². The molecule has 2 amide bonds. The average Bonchev–Trinajstić information content (AvgIpc) is 2.66. The fraction of sp³-hybridized carbons (Fsp3) is 0.167. The molecule has 134 valence electrons. The van der Waals surface area contributed by atoms with Gasteiger partial charge < -0.3 is 20.1 Å². The van der Waals surface area contributed by atoms with E-state index in [9.17, 15) is 14.0 Å². The van der Waals surface area contributed by atoms with Crippen molar-refractivity contribution in [2.75, 3.05) is 25.6 Å². The zero-order valence-electron chi connectivity index (χ0n) is 13.9. The second kappa shape index (κ2) is 9.03. The van der Waals surface area contributed by atoms with E-state index in [-0.39, 0.29) is 13.2 Å². The fourth-order valence-corrected chi connectivity index (χ4v) is 1.97. The van der Waals surface area contributed by atoms with Gasteiger partial charge in [0.05, 0.1) is 25.3 Å². The first-order valence-corrected chi connectivity index (χ1v) is 7.55. The topological polar surface area (TPSA) is 100 Å². The highest BCUT2D eigenvalue weighted by Crippen LogP contribution is 2.27. The molecule has 0 aromatic heterocycles. The van der Waals surface area contributed by atoms with E-state index in [4.69, 9.17) is 14.7 Å². The van der Waals surface area contributed by atoms with Crippen molar-refractivity contribution in [3.05, 3.63) is 53.8 Å². The largest absolute Gasteiger partial charge is 0.493 e. The van der Waals surface area contributed by atoms with E-state index < -0.39 is 17.6 Å². The molecule has 0 saturated heterocycles. The third-order valence-electron chi connectivity index (χ3n) is 3.23.